The number of ether oxygens (including phenoxy) is 2. The molecule has 1 fully saturated rings. The first-order valence-electron chi connectivity index (χ1n) is 14.0. The minimum absolute atomic E-state index is 0.0949. The van der Waals surface area contributed by atoms with E-state index in [9.17, 15) is 9.59 Å². The molecule has 1 saturated carbocycles. The van der Waals surface area contributed by atoms with E-state index in [0.717, 1.165) is 41.7 Å². The third kappa shape index (κ3) is 4.13. The molecule has 1 aromatic heterocycles. The molecule has 202 valence electrons. The van der Waals surface area contributed by atoms with Crippen LogP contribution in [0.25, 0.3) is 0 Å². The van der Waals surface area contributed by atoms with Crippen molar-refractivity contribution in [2.45, 2.75) is 50.5 Å². The Bertz CT molecular complexity index is 1580. The molecule has 0 spiro atoms. The monoisotopic (exact) mass is 533 g/mol. The van der Waals surface area contributed by atoms with E-state index in [4.69, 9.17) is 9.47 Å². The molecule has 3 aliphatic rings. The summed E-state index contributed by atoms with van der Waals surface area (Å²) in [4.78, 5) is 29.7. The van der Waals surface area contributed by atoms with Gasteiger partial charge >= 0.3 is 0 Å². The summed E-state index contributed by atoms with van der Waals surface area (Å²) >= 11 is 0. The lowest BCUT2D eigenvalue weighted by Gasteiger charge is -2.54. The molecule has 1 amide bonds. The first kappa shape index (κ1) is 24.5. The number of benzene rings is 3. The van der Waals surface area contributed by atoms with E-state index >= 15 is 0 Å². The quantitative estimate of drug-likeness (QED) is 0.350. The van der Waals surface area contributed by atoms with Crippen LogP contribution in [0.2, 0.25) is 0 Å². The molecule has 2 aliphatic heterocycles. The van der Waals surface area contributed by atoms with Crippen molar-refractivity contribution in [3.63, 3.8) is 0 Å². The zero-order chi connectivity index (χ0) is 27.1. The van der Waals surface area contributed by atoms with E-state index in [1.807, 2.05) is 76.3 Å². The summed E-state index contributed by atoms with van der Waals surface area (Å²) in [6.07, 6.45) is 5.08. The molecule has 3 heterocycles. The number of pyridine rings is 1. The maximum absolute atomic E-state index is 14.4. The number of para-hydroxylation sites is 1. The summed E-state index contributed by atoms with van der Waals surface area (Å²) in [7, 11) is 0. The molecule has 7 heteroatoms. The van der Waals surface area contributed by atoms with Crippen LogP contribution in [-0.2, 0) is 6.61 Å². The van der Waals surface area contributed by atoms with E-state index in [1.54, 1.807) is 6.20 Å². The number of rotatable bonds is 5. The number of aromatic nitrogens is 1. The highest BCUT2D eigenvalue weighted by atomic mass is 16.5. The van der Waals surface area contributed by atoms with E-state index in [1.165, 1.54) is 6.07 Å². The molecule has 2 atom stereocenters. The van der Waals surface area contributed by atoms with Gasteiger partial charge < -0.3 is 14.4 Å². The second kappa shape index (κ2) is 10.2. The number of carbonyl (C=O) groups excluding carboxylic acids is 1. The van der Waals surface area contributed by atoms with Crippen LogP contribution in [0.3, 0.4) is 0 Å². The van der Waals surface area contributed by atoms with Gasteiger partial charge in [0.2, 0.25) is 5.43 Å². The van der Waals surface area contributed by atoms with Gasteiger partial charge in [-0.1, -0.05) is 78.9 Å². The lowest BCUT2D eigenvalue weighted by atomic mass is 9.89. The summed E-state index contributed by atoms with van der Waals surface area (Å²) < 4.78 is 14.4. The van der Waals surface area contributed by atoms with Crippen LogP contribution >= 0.6 is 0 Å². The zero-order valence-corrected chi connectivity index (χ0v) is 22.2. The van der Waals surface area contributed by atoms with E-state index in [0.29, 0.717) is 13.0 Å². The third-order valence-corrected chi connectivity index (χ3v) is 8.27. The molecule has 40 heavy (non-hydrogen) atoms. The van der Waals surface area contributed by atoms with Gasteiger partial charge in [-0.3, -0.25) is 19.3 Å². The van der Waals surface area contributed by atoms with Gasteiger partial charge in [-0.15, -0.1) is 0 Å². The maximum atomic E-state index is 14.4. The van der Waals surface area contributed by atoms with Crippen molar-refractivity contribution in [1.82, 2.24) is 9.58 Å². The topological polar surface area (TPSA) is 64.0 Å². The van der Waals surface area contributed by atoms with Crippen molar-refractivity contribution < 1.29 is 14.3 Å². The highest BCUT2D eigenvalue weighted by molar-refractivity contribution is 5.97. The van der Waals surface area contributed by atoms with Gasteiger partial charge in [-0.2, -0.15) is 0 Å². The molecule has 0 unspecified atom stereocenters. The van der Waals surface area contributed by atoms with Gasteiger partial charge in [-0.05, 0) is 36.5 Å². The standard InChI is InChI=1S/C33H31N3O4/c37-27-18-20-34-31(32(27)40-22-23-10-3-1-4-11-23)33(38)35(25-14-9-15-25)29-19-21-39-28-17-8-7-16-26(28)30(36(29)34)24-12-5-2-6-13-24/h1-8,10-13,16-18,20,25,29-30H,9,14-15,19,21-22H2/t29-,30+/m0/s1. The average Bonchev–Trinajstić information content (AvgIpc) is 2.95. The second-order valence-electron chi connectivity index (χ2n) is 10.6. The summed E-state index contributed by atoms with van der Waals surface area (Å²) in [5, 5.41) is 2.26. The van der Waals surface area contributed by atoms with Crippen LogP contribution in [0.4, 0.5) is 0 Å². The summed E-state index contributed by atoms with van der Waals surface area (Å²) in [6.45, 7) is 0.676. The molecule has 3 aromatic carbocycles. The molecule has 0 saturated heterocycles. The van der Waals surface area contributed by atoms with Gasteiger partial charge in [-0.25, -0.2) is 0 Å². The number of nitrogens with zero attached hydrogens (tertiary/aromatic N) is 3. The molecule has 7 nitrogen and oxygen atoms in total. The van der Waals surface area contributed by atoms with Crippen molar-refractivity contribution in [3.05, 3.63) is 130 Å². The van der Waals surface area contributed by atoms with Gasteiger partial charge in [0.05, 0.1) is 6.61 Å². The van der Waals surface area contributed by atoms with Gasteiger partial charge in [0.25, 0.3) is 5.91 Å². The molecular weight excluding hydrogens is 502 g/mol. The smallest absolute Gasteiger partial charge is 0.278 e. The molecule has 7 rings (SSSR count). The third-order valence-electron chi connectivity index (χ3n) is 8.27. The summed E-state index contributed by atoms with van der Waals surface area (Å²) in [6, 6.07) is 29.5. The normalized spacial score (nSPS) is 20.2. The van der Waals surface area contributed by atoms with Crippen LogP contribution in [0.15, 0.2) is 102 Å². The van der Waals surface area contributed by atoms with E-state index in [2.05, 4.69) is 23.2 Å². The average molecular weight is 534 g/mol. The van der Waals surface area contributed by atoms with Crippen LogP contribution in [0.1, 0.15) is 58.9 Å². The molecule has 4 aromatic rings. The molecule has 0 N–H and O–H groups in total. The van der Waals surface area contributed by atoms with Crippen molar-refractivity contribution in [3.8, 4) is 11.5 Å². The van der Waals surface area contributed by atoms with Crippen molar-refractivity contribution in [2.24, 2.45) is 0 Å². The van der Waals surface area contributed by atoms with Crippen LogP contribution < -0.4 is 19.9 Å². The number of amides is 1. The Morgan fingerprint density at radius 2 is 1.55 bits per heavy atom. The first-order chi connectivity index (χ1) is 19.7. The molecule has 1 aliphatic carbocycles. The predicted octanol–water partition coefficient (Wildman–Crippen LogP) is 5.27. The lowest BCUT2D eigenvalue weighted by Crippen LogP contribution is -2.66. The fraction of sp³-hybridized carbons (Fsp3) is 0.273. The predicted molar refractivity (Wildman–Crippen MR) is 152 cm³/mol. The Morgan fingerprint density at radius 3 is 2.30 bits per heavy atom. The van der Waals surface area contributed by atoms with E-state index in [-0.39, 0.29) is 47.6 Å². The van der Waals surface area contributed by atoms with Crippen LogP contribution in [0, 0.1) is 0 Å². The highest BCUT2D eigenvalue weighted by Crippen LogP contribution is 2.43. The Kier molecular flexibility index (Phi) is 6.27. The van der Waals surface area contributed by atoms with E-state index < -0.39 is 0 Å². The van der Waals surface area contributed by atoms with Crippen molar-refractivity contribution in [2.75, 3.05) is 11.6 Å². The molecule has 0 bridgehead atoms. The minimum Gasteiger partial charge on any atom is -0.493 e. The zero-order valence-electron chi connectivity index (χ0n) is 22.2. The van der Waals surface area contributed by atoms with Crippen LogP contribution in [0.5, 0.6) is 11.5 Å². The number of carbonyl (C=O) groups is 1. The van der Waals surface area contributed by atoms with Gasteiger partial charge in [0.1, 0.15) is 24.6 Å². The lowest BCUT2D eigenvalue weighted by molar-refractivity contribution is 0.0210. The fourth-order valence-corrected chi connectivity index (χ4v) is 6.16. The largest absolute Gasteiger partial charge is 0.493 e. The fourth-order valence-electron chi connectivity index (χ4n) is 6.16. The second-order valence-corrected chi connectivity index (χ2v) is 10.6. The Hall–Kier alpha value is -4.52. The van der Waals surface area contributed by atoms with Gasteiger partial charge in [0.15, 0.2) is 11.4 Å². The first-order valence-corrected chi connectivity index (χ1v) is 14.0. The minimum atomic E-state index is -0.297. The van der Waals surface area contributed by atoms with Crippen LogP contribution in [-0.4, -0.2) is 34.3 Å². The van der Waals surface area contributed by atoms with Gasteiger partial charge in [0, 0.05) is 30.3 Å². The number of hydrogen-bond donors (Lipinski definition) is 0. The number of hydrogen-bond acceptors (Lipinski definition) is 5. The number of fused-ring (bicyclic) bond motifs is 4. The highest BCUT2D eigenvalue weighted by Gasteiger charge is 2.48. The molecular formula is C33H31N3O4. The molecule has 0 radical (unpaired) electrons. The Labute approximate surface area is 233 Å². The summed E-state index contributed by atoms with van der Waals surface area (Å²) in [5.74, 6) is 0.759. The Morgan fingerprint density at radius 1 is 0.825 bits per heavy atom. The SMILES string of the molecule is O=C1c2c(OCc3ccccc3)c(=O)ccn2N2[C@H](c3ccccc3)c3ccccc3OCC[C@H]2N1C1CCC1. The van der Waals surface area contributed by atoms with Crippen molar-refractivity contribution >= 4 is 5.91 Å². The maximum Gasteiger partial charge on any atom is 0.278 e. The Balaban J connectivity index is 1.44. The van der Waals surface area contributed by atoms with Crippen molar-refractivity contribution in [1.29, 1.82) is 0 Å². The summed E-state index contributed by atoms with van der Waals surface area (Å²) in [5.41, 5.74) is 3.00.